The van der Waals surface area contributed by atoms with Crippen LogP contribution in [0.2, 0.25) is 0 Å². The van der Waals surface area contributed by atoms with Crippen molar-refractivity contribution in [3.8, 4) is 11.1 Å². The number of nitrogens with one attached hydrogen (secondary N) is 2. The molecule has 0 aliphatic heterocycles. The lowest BCUT2D eigenvalue weighted by molar-refractivity contribution is -0.147. The molecule has 4 rings (SSSR count). The van der Waals surface area contributed by atoms with Gasteiger partial charge in [-0.05, 0) is 54.0 Å². The summed E-state index contributed by atoms with van der Waals surface area (Å²) in [6.07, 6.45) is 6.03. The predicted molar refractivity (Wildman–Crippen MR) is 164 cm³/mol. The van der Waals surface area contributed by atoms with Gasteiger partial charge >= 0.3 is 12.1 Å². The van der Waals surface area contributed by atoms with E-state index in [9.17, 15) is 19.5 Å². The molecule has 0 bridgehead atoms. The molecule has 0 aromatic heterocycles. The average Bonchev–Trinajstić information content (AvgIpc) is 3.31. The van der Waals surface area contributed by atoms with Gasteiger partial charge in [0.1, 0.15) is 18.2 Å². The molecule has 220 valence electrons. The number of unbranched alkanes of at least 4 members (excludes halogenated alkanes) is 4. The van der Waals surface area contributed by atoms with Crippen molar-refractivity contribution in [1.82, 2.24) is 10.6 Å². The van der Waals surface area contributed by atoms with Crippen LogP contribution < -0.4 is 10.6 Å². The Morgan fingerprint density at radius 3 is 2.12 bits per heavy atom. The van der Waals surface area contributed by atoms with Crippen LogP contribution in [0.25, 0.3) is 11.1 Å². The number of carboxylic acids is 1. The summed E-state index contributed by atoms with van der Waals surface area (Å²) in [5.41, 5.74) is 3.79. The molecule has 0 spiro atoms. The van der Waals surface area contributed by atoms with E-state index in [1.165, 1.54) is 6.92 Å². The molecule has 1 aliphatic carbocycles. The van der Waals surface area contributed by atoms with Crippen LogP contribution in [-0.2, 0) is 20.7 Å². The topological polar surface area (TPSA) is 105 Å². The third kappa shape index (κ3) is 7.66. The highest BCUT2D eigenvalue weighted by Gasteiger charge is 2.37. The third-order valence-electron chi connectivity index (χ3n) is 7.94. The first-order valence-electron chi connectivity index (χ1n) is 14.6. The highest BCUT2D eigenvalue weighted by atomic mass is 16.5. The second kappa shape index (κ2) is 14.5. The molecule has 2 amide bonds. The Morgan fingerprint density at radius 2 is 1.50 bits per heavy atom. The van der Waals surface area contributed by atoms with Crippen LogP contribution in [0.1, 0.15) is 68.1 Å². The standard InChI is InChI=1S/C35H40N2O5/c1-3-4-5-6-7-15-22-35(2,33(39)40)37-32(38)31(23-25-16-9-8-10-17-25)36-34(41)42-24-30-28-20-13-11-18-26(28)27-19-12-14-21-29(27)30/h3,8-14,16-21,30-31H,1,4-7,15,22-24H2,2H3,(H,36,41)(H,37,38)(H,39,40)/t31-,35+/m0/s1. The van der Waals surface area contributed by atoms with Gasteiger partial charge in [0.25, 0.3) is 0 Å². The molecule has 7 heteroatoms. The number of carboxylic acid groups (broad SMARTS) is 1. The molecule has 3 N–H and O–H groups in total. The molecule has 0 saturated heterocycles. The maximum absolute atomic E-state index is 13.5. The van der Waals surface area contributed by atoms with E-state index >= 15 is 0 Å². The zero-order valence-electron chi connectivity index (χ0n) is 24.2. The lowest BCUT2D eigenvalue weighted by Crippen LogP contribution is -2.58. The number of fused-ring (bicyclic) bond motifs is 3. The summed E-state index contributed by atoms with van der Waals surface area (Å²) in [5, 5.41) is 15.4. The Hall–Kier alpha value is -4.39. The SMILES string of the molecule is C=CCCCCCC[C@@](C)(NC(=O)[C@H](Cc1ccccc1)NC(=O)OCC1c2ccccc2-c2ccccc21)C(=O)O. The average molecular weight is 569 g/mol. The second-order valence-electron chi connectivity index (χ2n) is 11.1. The van der Waals surface area contributed by atoms with Crippen molar-refractivity contribution < 1.29 is 24.2 Å². The fourth-order valence-electron chi connectivity index (χ4n) is 5.54. The molecule has 0 heterocycles. The summed E-state index contributed by atoms with van der Waals surface area (Å²) < 4.78 is 5.69. The molecule has 2 atom stereocenters. The number of aliphatic carboxylic acids is 1. The number of benzene rings is 3. The number of hydrogen-bond donors (Lipinski definition) is 3. The number of carbonyl (C=O) groups is 3. The first-order valence-corrected chi connectivity index (χ1v) is 14.6. The van der Waals surface area contributed by atoms with Crippen molar-refractivity contribution in [2.24, 2.45) is 0 Å². The number of allylic oxidation sites excluding steroid dienone is 1. The van der Waals surface area contributed by atoms with Crippen LogP contribution in [0.15, 0.2) is 91.5 Å². The third-order valence-corrected chi connectivity index (χ3v) is 7.94. The van der Waals surface area contributed by atoms with Crippen LogP contribution in [-0.4, -0.2) is 41.3 Å². The minimum absolute atomic E-state index is 0.109. The lowest BCUT2D eigenvalue weighted by atomic mass is 9.93. The summed E-state index contributed by atoms with van der Waals surface area (Å²) in [7, 11) is 0. The summed E-state index contributed by atoms with van der Waals surface area (Å²) in [5.74, 6) is -1.79. The van der Waals surface area contributed by atoms with Crippen molar-refractivity contribution in [2.45, 2.75) is 69.4 Å². The zero-order valence-corrected chi connectivity index (χ0v) is 24.2. The molecule has 42 heavy (non-hydrogen) atoms. The molecule has 0 saturated carbocycles. The van der Waals surface area contributed by atoms with Crippen molar-refractivity contribution in [3.05, 3.63) is 108 Å². The van der Waals surface area contributed by atoms with Crippen LogP contribution in [0.5, 0.6) is 0 Å². The van der Waals surface area contributed by atoms with Gasteiger partial charge < -0.3 is 20.5 Å². The molecule has 3 aromatic carbocycles. The molecular formula is C35H40N2O5. The van der Waals surface area contributed by atoms with E-state index in [1.54, 1.807) is 0 Å². The van der Waals surface area contributed by atoms with Crippen molar-refractivity contribution in [2.75, 3.05) is 6.61 Å². The fraction of sp³-hybridized carbons (Fsp3) is 0.343. The maximum Gasteiger partial charge on any atom is 0.407 e. The van der Waals surface area contributed by atoms with E-state index in [2.05, 4.69) is 29.3 Å². The first kappa shape index (κ1) is 30.6. The van der Waals surface area contributed by atoms with Gasteiger partial charge in [0, 0.05) is 12.3 Å². The Bertz CT molecular complexity index is 1340. The number of amides is 2. The van der Waals surface area contributed by atoms with Gasteiger partial charge in [0.2, 0.25) is 5.91 Å². The van der Waals surface area contributed by atoms with Gasteiger partial charge in [-0.3, -0.25) is 4.79 Å². The van der Waals surface area contributed by atoms with Gasteiger partial charge in [-0.15, -0.1) is 6.58 Å². The Kier molecular flexibility index (Phi) is 10.5. The Morgan fingerprint density at radius 1 is 0.905 bits per heavy atom. The van der Waals surface area contributed by atoms with Crippen molar-refractivity contribution in [1.29, 1.82) is 0 Å². The highest BCUT2D eigenvalue weighted by Crippen LogP contribution is 2.44. The number of rotatable bonds is 15. The minimum atomic E-state index is -1.46. The molecule has 0 unspecified atom stereocenters. The summed E-state index contributed by atoms with van der Waals surface area (Å²) >= 11 is 0. The van der Waals surface area contributed by atoms with Crippen LogP contribution in [0.4, 0.5) is 4.79 Å². The normalized spacial score (nSPS) is 14.1. The maximum atomic E-state index is 13.5. The number of alkyl carbamates (subject to hydrolysis) is 1. The number of hydrogen-bond acceptors (Lipinski definition) is 4. The largest absolute Gasteiger partial charge is 0.480 e. The van der Waals surface area contributed by atoms with E-state index in [0.29, 0.717) is 6.42 Å². The molecule has 1 aliphatic rings. The Balaban J connectivity index is 1.43. The van der Waals surface area contributed by atoms with Crippen molar-refractivity contribution >= 4 is 18.0 Å². The molecule has 3 aromatic rings. The van der Waals surface area contributed by atoms with Gasteiger partial charge in [-0.2, -0.15) is 0 Å². The summed E-state index contributed by atoms with van der Waals surface area (Å²) in [6.45, 7) is 5.35. The van der Waals surface area contributed by atoms with Gasteiger partial charge in [0.15, 0.2) is 0 Å². The summed E-state index contributed by atoms with van der Waals surface area (Å²) in [4.78, 5) is 38.8. The predicted octanol–water partition coefficient (Wildman–Crippen LogP) is 6.62. The lowest BCUT2D eigenvalue weighted by Gasteiger charge is -2.29. The van der Waals surface area contributed by atoms with Gasteiger partial charge in [-0.1, -0.05) is 104 Å². The number of ether oxygens (including phenoxy) is 1. The van der Waals surface area contributed by atoms with Crippen LogP contribution in [0.3, 0.4) is 0 Å². The van der Waals surface area contributed by atoms with Crippen LogP contribution >= 0.6 is 0 Å². The van der Waals surface area contributed by atoms with E-state index in [-0.39, 0.29) is 25.4 Å². The minimum Gasteiger partial charge on any atom is -0.480 e. The quantitative estimate of drug-likeness (QED) is 0.141. The van der Waals surface area contributed by atoms with E-state index in [4.69, 9.17) is 4.74 Å². The first-order chi connectivity index (χ1) is 20.3. The monoisotopic (exact) mass is 568 g/mol. The fourth-order valence-corrected chi connectivity index (χ4v) is 5.54. The second-order valence-corrected chi connectivity index (χ2v) is 11.1. The number of carbonyl (C=O) groups excluding carboxylic acids is 2. The smallest absolute Gasteiger partial charge is 0.407 e. The van der Waals surface area contributed by atoms with E-state index in [0.717, 1.165) is 53.5 Å². The molecule has 0 fully saturated rings. The molecule has 7 nitrogen and oxygen atoms in total. The molecule has 0 radical (unpaired) electrons. The van der Waals surface area contributed by atoms with E-state index in [1.807, 2.05) is 72.8 Å². The summed E-state index contributed by atoms with van der Waals surface area (Å²) in [6, 6.07) is 24.4. The highest BCUT2D eigenvalue weighted by molar-refractivity contribution is 5.91. The van der Waals surface area contributed by atoms with E-state index < -0.39 is 29.6 Å². The Labute approximate surface area is 248 Å². The van der Waals surface area contributed by atoms with Crippen molar-refractivity contribution in [3.63, 3.8) is 0 Å². The molecular weight excluding hydrogens is 528 g/mol. The van der Waals surface area contributed by atoms with Gasteiger partial charge in [-0.25, -0.2) is 9.59 Å². The zero-order chi connectivity index (χ0) is 30.0. The van der Waals surface area contributed by atoms with Gasteiger partial charge in [0.05, 0.1) is 0 Å². The van der Waals surface area contributed by atoms with Crippen LogP contribution in [0, 0.1) is 0 Å².